The number of anilines is 3. The number of hydrogen-bond acceptors (Lipinski definition) is 5. The van der Waals surface area contributed by atoms with E-state index in [2.05, 4.69) is 21.4 Å². The molecule has 0 radical (unpaired) electrons. The third kappa shape index (κ3) is 3.53. The lowest BCUT2D eigenvalue weighted by atomic mass is 10.0. The molecule has 0 fully saturated rings. The molecule has 1 aliphatic rings. The summed E-state index contributed by atoms with van der Waals surface area (Å²) in [5, 5.41) is 5.84. The zero-order valence-corrected chi connectivity index (χ0v) is 14.5. The van der Waals surface area contributed by atoms with Crippen molar-refractivity contribution >= 4 is 33.9 Å². The fourth-order valence-electron chi connectivity index (χ4n) is 3.03. The zero-order chi connectivity index (χ0) is 17.1. The van der Waals surface area contributed by atoms with Gasteiger partial charge in [-0.05, 0) is 36.6 Å². The molecule has 5 nitrogen and oxygen atoms in total. The lowest BCUT2D eigenvalue weighted by molar-refractivity contribution is -0.118. The lowest BCUT2D eigenvalue weighted by Crippen LogP contribution is -2.36. The van der Waals surface area contributed by atoms with E-state index >= 15 is 0 Å². The van der Waals surface area contributed by atoms with Crippen molar-refractivity contribution in [1.29, 1.82) is 0 Å². The maximum absolute atomic E-state index is 12.8. The van der Waals surface area contributed by atoms with Crippen molar-refractivity contribution in [3.63, 3.8) is 0 Å². The average molecular weight is 350 g/mol. The molecular weight excluding hydrogens is 332 g/mol. The Labute approximate surface area is 150 Å². The van der Waals surface area contributed by atoms with Gasteiger partial charge in [0.05, 0.1) is 12.1 Å². The van der Waals surface area contributed by atoms with Gasteiger partial charge in [-0.1, -0.05) is 24.3 Å². The summed E-state index contributed by atoms with van der Waals surface area (Å²) in [4.78, 5) is 23.4. The Balaban J connectivity index is 1.45. The van der Waals surface area contributed by atoms with Crippen LogP contribution in [0.5, 0.6) is 0 Å². The second-order valence-electron chi connectivity index (χ2n) is 5.94. The Morgan fingerprint density at radius 1 is 1.20 bits per heavy atom. The molecule has 1 aliphatic heterocycles. The number of aromatic nitrogens is 2. The van der Waals surface area contributed by atoms with Gasteiger partial charge in [-0.2, -0.15) is 0 Å². The molecule has 0 aliphatic carbocycles. The summed E-state index contributed by atoms with van der Waals surface area (Å²) in [6, 6.07) is 13.8. The summed E-state index contributed by atoms with van der Waals surface area (Å²) in [6.45, 7) is 0.777. The van der Waals surface area contributed by atoms with Crippen molar-refractivity contribution < 1.29 is 4.79 Å². The molecule has 3 heterocycles. The third-order valence-corrected chi connectivity index (χ3v) is 5.00. The largest absolute Gasteiger partial charge is 0.316 e. The molecular formula is C19H18N4OS. The van der Waals surface area contributed by atoms with Crippen LogP contribution in [0.2, 0.25) is 0 Å². The Kier molecular flexibility index (Phi) is 4.43. The van der Waals surface area contributed by atoms with E-state index in [0.717, 1.165) is 41.7 Å². The van der Waals surface area contributed by atoms with Crippen LogP contribution >= 0.6 is 11.3 Å². The van der Waals surface area contributed by atoms with Crippen LogP contribution in [0.1, 0.15) is 17.7 Å². The number of aryl methyl sites for hydroxylation is 1. The van der Waals surface area contributed by atoms with Crippen molar-refractivity contribution in [2.45, 2.75) is 19.3 Å². The molecule has 1 aromatic carbocycles. The zero-order valence-electron chi connectivity index (χ0n) is 13.7. The first-order chi connectivity index (χ1) is 12.3. The molecule has 25 heavy (non-hydrogen) atoms. The van der Waals surface area contributed by atoms with E-state index < -0.39 is 0 Å². The first kappa shape index (κ1) is 15.8. The predicted molar refractivity (Wildman–Crippen MR) is 100 cm³/mol. The van der Waals surface area contributed by atoms with Gasteiger partial charge in [0.1, 0.15) is 5.82 Å². The number of para-hydroxylation sites is 1. The van der Waals surface area contributed by atoms with Gasteiger partial charge >= 0.3 is 0 Å². The van der Waals surface area contributed by atoms with Crippen LogP contribution in [0.4, 0.5) is 16.6 Å². The highest BCUT2D eigenvalue weighted by Crippen LogP contribution is 2.27. The van der Waals surface area contributed by atoms with Crippen LogP contribution in [-0.2, 0) is 17.6 Å². The Bertz CT molecular complexity index is 878. The number of benzene rings is 1. The van der Waals surface area contributed by atoms with Gasteiger partial charge in [-0.3, -0.25) is 4.79 Å². The molecule has 0 unspecified atom stereocenters. The maximum atomic E-state index is 12.8. The summed E-state index contributed by atoms with van der Waals surface area (Å²) in [5.41, 5.74) is 3.08. The second kappa shape index (κ2) is 7.03. The molecule has 0 bridgehead atoms. The topological polar surface area (TPSA) is 58.1 Å². The van der Waals surface area contributed by atoms with Crippen molar-refractivity contribution in [2.24, 2.45) is 0 Å². The highest BCUT2D eigenvalue weighted by molar-refractivity contribution is 7.13. The molecule has 0 saturated carbocycles. The fraction of sp³-hybridized carbons (Fsp3) is 0.211. The van der Waals surface area contributed by atoms with Gasteiger partial charge < -0.3 is 10.2 Å². The molecule has 6 heteroatoms. The van der Waals surface area contributed by atoms with E-state index in [1.54, 1.807) is 6.20 Å². The van der Waals surface area contributed by atoms with Gasteiger partial charge in [0, 0.05) is 23.8 Å². The first-order valence-corrected chi connectivity index (χ1v) is 9.18. The summed E-state index contributed by atoms with van der Waals surface area (Å²) < 4.78 is 0. The van der Waals surface area contributed by atoms with E-state index in [1.165, 1.54) is 16.9 Å². The maximum Gasteiger partial charge on any atom is 0.233 e. The number of carbonyl (C=O) groups excluding carboxylic acids is 1. The van der Waals surface area contributed by atoms with Crippen molar-refractivity contribution in [3.05, 3.63) is 65.3 Å². The van der Waals surface area contributed by atoms with Crippen LogP contribution in [0, 0.1) is 0 Å². The quantitative estimate of drug-likeness (QED) is 0.777. The minimum atomic E-state index is 0.0989. The molecule has 126 valence electrons. The van der Waals surface area contributed by atoms with Gasteiger partial charge in [0.25, 0.3) is 0 Å². The van der Waals surface area contributed by atoms with Crippen LogP contribution in [0.3, 0.4) is 0 Å². The van der Waals surface area contributed by atoms with Crippen LogP contribution in [-0.4, -0.2) is 22.4 Å². The number of carbonyl (C=O) groups is 1. The molecule has 1 amide bonds. The molecule has 1 N–H and O–H groups in total. The molecule has 0 atom stereocenters. The van der Waals surface area contributed by atoms with Gasteiger partial charge in [-0.15, -0.1) is 11.3 Å². The molecule has 0 spiro atoms. The summed E-state index contributed by atoms with van der Waals surface area (Å²) in [5.74, 6) is 0.849. The van der Waals surface area contributed by atoms with E-state index in [0.29, 0.717) is 6.42 Å². The summed E-state index contributed by atoms with van der Waals surface area (Å²) in [6.07, 6.45) is 4.09. The summed E-state index contributed by atoms with van der Waals surface area (Å²) in [7, 11) is 0. The average Bonchev–Trinajstić information content (AvgIpc) is 3.09. The lowest BCUT2D eigenvalue weighted by Gasteiger charge is -2.29. The van der Waals surface area contributed by atoms with Crippen molar-refractivity contribution in [3.8, 4) is 0 Å². The number of pyridine rings is 1. The monoisotopic (exact) mass is 350 g/mol. The molecule has 2 aromatic heterocycles. The van der Waals surface area contributed by atoms with E-state index in [1.807, 2.05) is 46.7 Å². The van der Waals surface area contributed by atoms with Crippen LogP contribution < -0.4 is 10.2 Å². The number of thiazole rings is 1. The third-order valence-electron chi connectivity index (χ3n) is 4.20. The highest BCUT2D eigenvalue weighted by Gasteiger charge is 2.22. The van der Waals surface area contributed by atoms with Crippen LogP contribution in [0.25, 0.3) is 0 Å². The number of hydrogen-bond donors (Lipinski definition) is 1. The number of nitrogens with one attached hydrogen (secondary N) is 1. The summed E-state index contributed by atoms with van der Waals surface area (Å²) >= 11 is 1.49. The Morgan fingerprint density at radius 2 is 2.08 bits per heavy atom. The fourth-order valence-corrected chi connectivity index (χ4v) is 3.75. The second-order valence-corrected chi connectivity index (χ2v) is 6.80. The number of rotatable bonds is 4. The Morgan fingerprint density at radius 3 is 2.96 bits per heavy atom. The molecule has 3 aromatic rings. The molecule has 0 saturated heterocycles. The minimum Gasteiger partial charge on any atom is -0.316 e. The first-order valence-electron chi connectivity index (χ1n) is 8.30. The smallest absolute Gasteiger partial charge is 0.233 e. The number of fused-ring (bicyclic) bond motifs is 1. The van der Waals surface area contributed by atoms with Gasteiger partial charge in [-0.25, -0.2) is 9.97 Å². The highest BCUT2D eigenvalue weighted by atomic mass is 32.1. The van der Waals surface area contributed by atoms with Crippen LogP contribution in [0.15, 0.2) is 54.0 Å². The molecule has 4 rings (SSSR count). The van der Waals surface area contributed by atoms with Gasteiger partial charge in [0.2, 0.25) is 5.91 Å². The van der Waals surface area contributed by atoms with Crippen molar-refractivity contribution in [2.75, 3.05) is 16.8 Å². The van der Waals surface area contributed by atoms with E-state index in [4.69, 9.17) is 0 Å². The Hall–Kier alpha value is -2.73. The normalized spacial score (nSPS) is 13.4. The standard InChI is InChI=1S/C19H18N4OS/c24-18(23-11-5-7-14-6-1-2-8-16(14)23)12-15-13-25-19(21-15)22-17-9-3-4-10-20-17/h1-4,6,8-10,13H,5,7,11-12H2,(H,20,21,22). The predicted octanol–water partition coefficient (Wildman–Crippen LogP) is 3.80. The van der Waals surface area contributed by atoms with Crippen molar-refractivity contribution in [1.82, 2.24) is 9.97 Å². The van der Waals surface area contributed by atoms with E-state index in [9.17, 15) is 4.79 Å². The van der Waals surface area contributed by atoms with Gasteiger partial charge in [0.15, 0.2) is 5.13 Å². The SMILES string of the molecule is O=C(Cc1csc(Nc2ccccn2)n1)N1CCCc2ccccc21. The number of amides is 1. The number of nitrogens with zero attached hydrogens (tertiary/aromatic N) is 3. The minimum absolute atomic E-state index is 0.0989. The van der Waals surface area contributed by atoms with E-state index in [-0.39, 0.29) is 5.91 Å².